The molecule has 2 nitrogen and oxygen atoms in total. The highest BCUT2D eigenvalue weighted by atomic mass is 16.5. The van der Waals surface area contributed by atoms with E-state index < -0.39 is 0 Å². The lowest BCUT2D eigenvalue weighted by molar-refractivity contribution is -0.0420. The molecule has 0 aliphatic heterocycles. The maximum Gasteiger partial charge on any atom is 0.0636 e. The summed E-state index contributed by atoms with van der Waals surface area (Å²) in [6, 6.07) is 0. The Kier molecular flexibility index (Phi) is 4.80. The maximum atomic E-state index is 9.80. The molecule has 0 aromatic carbocycles. The molecule has 0 saturated carbocycles. The second-order valence-corrected chi connectivity index (χ2v) is 4.31. The Morgan fingerprint density at radius 1 is 1.33 bits per heavy atom. The van der Waals surface area contributed by atoms with Gasteiger partial charge in [0.25, 0.3) is 0 Å². The first kappa shape index (κ1) is 11.9. The van der Waals surface area contributed by atoms with Crippen LogP contribution in [0.3, 0.4) is 0 Å². The Labute approximate surface area is 75.9 Å². The summed E-state index contributed by atoms with van der Waals surface area (Å²) in [5, 5.41) is 9.80. The molecular weight excluding hydrogens is 152 g/mol. The summed E-state index contributed by atoms with van der Waals surface area (Å²) in [6.45, 7) is 11.4. The van der Waals surface area contributed by atoms with E-state index in [4.69, 9.17) is 4.74 Å². The summed E-state index contributed by atoms with van der Waals surface area (Å²) in [4.78, 5) is 0. The molecule has 74 valence electrons. The molecule has 12 heavy (non-hydrogen) atoms. The van der Waals surface area contributed by atoms with E-state index in [0.717, 1.165) is 0 Å². The van der Waals surface area contributed by atoms with Crippen molar-refractivity contribution in [2.45, 2.75) is 40.7 Å². The summed E-state index contributed by atoms with van der Waals surface area (Å²) < 4.78 is 5.31. The number of rotatable bonds is 5. The fourth-order valence-electron chi connectivity index (χ4n) is 1.35. The maximum absolute atomic E-state index is 9.80. The Morgan fingerprint density at radius 3 is 2.17 bits per heavy atom. The first-order valence-corrected chi connectivity index (χ1v) is 4.67. The third kappa shape index (κ3) is 3.55. The standard InChI is InChI=1S/C10H22O2/c1-6-12-7-10(4,5)9(11)8(2)3/h8-9,11H,6-7H2,1-5H3. The summed E-state index contributed by atoms with van der Waals surface area (Å²) in [5.74, 6) is 0.292. The predicted molar refractivity (Wildman–Crippen MR) is 51.1 cm³/mol. The zero-order valence-electron chi connectivity index (χ0n) is 8.92. The van der Waals surface area contributed by atoms with E-state index >= 15 is 0 Å². The topological polar surface area (TPSA) is 29.5 Å². The van der Waals surface area contributed by atoms with Crippen molar-refractivity contribution < 1.29 is 9.84 Å². The van der Waals surface area contributed by atoms with Gasteiger partial charge in [0.1, 0.15) is 0 Å². The van der Waals surface area contributed by atoms with Gasteiger partial charge in [0.05, 0.1) is 12.7 Å². The molecule has 0 saturated heterocycles. The molecule has 0 fully saturated rings. The number of ether oxygens (including phenoxy) is 1. The van der Waals surface area contributed by atoms with Crippen LogP contribution in [0.2, 0.25) is 0 Å². The average Bonchev–Trinajstić information content (AvgIpc) is 1.99. The summed E-state index contributed by atoms with van der Waals surface area (Å²) >= 11 is 0. The largest absolute Gasteiger partial charge is 0.392 e. The van der Waals surface area contributed by atoms with Crippen LogP contribution in [0.4, 0.5) is 0 Å². The Bertz CT molecular complexity index is 119. The van der Waals surface area contributed by atoms with Gasteiger partial charge in [-0.3, -0.25) is 0 Å². The molecule has 1 atom stereocenters. The second-order valence-electron chi connectivity index (χ2n) is 4.31. The quantitative estimate of drug-likeness (QED) is 0.691. The van der Waals surface area contributed by atoms with Crippen molar-refractivity contribution in [3.05, 3.63) is 0 Å². The van der Waals surface area contributed by atoms with Crippen LogP contribution in [0.15, 0.2) is 0 Å². The third-order valence-electron chi connectivity index (χ3n) is 2.11. The molecule has 0 aromatic rings. The van der Waals surface area contributed by atoms with E-state index in [1.807, 2.05) is 34.6 Å². The first-order chi connectivity index (χ1) is 5.41. The molecule has 0 radical (unpaired) electrons. The van der Waals surface area contributed by atoms with Gasteiger partial charge in [-0.2, -0.15) is 0 Å². The van der Waals surface area contributed by atoms with E-state index in [9.17, 15) is 5.11 Å². The highest BCUT2D eigenvalue weighted by Gasteiger charge is 2.30. The number of hydrogen-bond donors (Lipinski definition) is 1. The van der Waals surface area contributed by atoms with E-state index in [-0.39, 0.29) is 11.5 Å². The van der Waals surface area contributed by atoms with Crippen molar-refractivity contribution in [3.63, 3.8) is 0 Å². The van der Waals surface area contributed by atoms with E-state index in [2.05, 4.69) is 0 Å². The van der Waals surface area contributed by atoms with Crippen LogP contribution in [0.1, 0.15) is 34.6 Å². The monoisotopic (exact) mass is 174 g/mol. The third-order valence-corrected chi connectivity index (χ3v) is 2.11. The molecule has 0 bridgehead atoms. The van der Waals surface area contributed by atoms with Crippen molar-refractivity contribution >= 4 is 0 Å². The molecule has 0 aliphatic carbocycles. The predicted octanol–water partition coefficient (Wildman–Crippen LogP) is 2.07. The van der Waals surface area contributed by atoms with Gasteiger partial charge >= 0.3 is 0 Å². The number of aliphatic hydroxyl groups excluding tert-OH is 1. The second kappa shape index (κ2) is 4.83. The molecule has 0 aliphatic rings. The molecule has 0 heterocycles. The SMILES string of the molecule is CCOCC(C)(C)C(O)C(C)C. The lowest BCUT2D eigenvalue weighted by Crippen LogP contribution is -2.37. The minimum atomic E-state index is -0.288. The Balaban J connectivity index is 3.99. The van der Waals surface area contributed by atoms with Crippen LogP contribution in [-0.4, -0.2) is 24.4 Å². The highest BCUT2D eigenvalue weighted by molar-refractivity contribution is 4.79. The van der Waals surface area contributed by atoms with Crippen molar-refractivity contribution in [3.8, 4) is 0 Å². The minimum Gasteiger partial charge on any atom is -0.392 e. The summed E-state index contributed by atoms with van der Waals surface area (Å²) in [7, 11) is 0. The molecule has 0 spiro atoms. The van der Waals surface area contributed by atoms with Crippen molar-refractivity contribution in [1.29, 1.82) is 0 Å². The summed E-state index contributed by atoms with van der Waals surface area (Å²) in [6.07, 6.45) is -0.288. The number of aliphatic hydroxyl groups is 1. The summed E-state index contributed by atoms with van der Waals surface area (Å²) in [5.41, 5.74) is -0.135. The molecule has 2 heteroatoms. The molecular formula is C10H22O2. The Morgan fingerprint density at radius 2 is 1.83 bits per heavy atom. The van der Waals surface area contributed by atoms with E-state index in [1.54, 1.807) is 0 Å². The highest BCUT2D eigenvalue weighted by Crippen LogP contribution is 2.26. The van der Waals surface area contributed by atoms with Gasteiger partial charge in [0.2, 0.25) is 0 Å². The number of hydrogen-bond acceptors (Lipinski definition) is 2. The minimum absolute atomic E-state index is 0.135. The fourth-order valence-corrected chi connectivity index (χ4v) is 1.35. The van der Waals surface area contributed by atoms with Gasteiger partial charge < -0.3 is 9.84 Å². The zero-order chi connectivity index (χ0) is 9.78. The van der Waals surface area contributed by atoms with Crippen molar-refractivity contribution in [1.82, 2.24) is 0 Å². The van der Waals surface area contributed by atoms with Crippen LogP contribution in [0.5, 0.6) is 0 Å². The van der Waals surface area contributed by atoms with Gasteiger partial charge in [-0.15, -0.1) is 0 Å². The van der Waals surface area contributed by atoms with Gasteiger partial charge in [0.15, 0.2) is 0 Å². The molecule has 1 unspecified atom stereocenters. The van der Waals surface area contributed by atoms with Crippen LogP contribution >= 0.6 is 0 Å². The van der Waals surface area contributed by atoms with Crippen LogP contribution < -0.4 is 0 Å². The lowest BCUT2D eigenvalue weighted by Gasteiger charge is -2.32. The van der Waals surface area contributed by atoms with E-state index in [0.29, 0.717) is 19.1 Å². The van der Waals surface area contributed by atoms with Crippen molar-refractivity contribution in [2.75, 3.05) is 13.2 Å². The van der Waals surface area contributed by atoms with Gasteiger partial charge in [-0.25, -0.2) is 0 Å². The van der Waals surface area contributed by atoms with Gasteiger partial charge in [0, 0.05) is 12.0 Å². The van der Waals surface area contributed by atoms with Gasteiger partial charge in [-0.1, -0.05) is 27.7 Å². The normalized spacial score (nSPS) is 15.2. The smallest absolute Gasteiger partial charge is 0.0636 e. The van der Waals surface area contributed by atoms with Crippen LogP contribution in [0, 0.1) is 11.3 Å². The Hall–Kier alpha value is -0.0800. The molecule has 0 amide bonds. The molecule has 1 N–H and O–H groups in total. The van der Waals surface area contributed by atoms with Crippen molar-refractivity contribution in [2.24, 2.45) is 11.3 Å². The van der Waals surface area contributed by atoms with Crippen LogP contribution in [0.25, 0.3) is 0 Å². The molecule has 0 rings (SSSR count). The van der Waals surface area contributed by atoms with Crippen LogP contribution in [-0.2, 0) is 4.74 Å². The zero-order valence-corrected chi connectivity index (χ0v) is 8.92. The molecule has 0 aromatic heterocycles. The lowest BCUT2D eigenvalue weighted by atomic mass is 9.81. The average molecular weight is 174 g/mol. The fraction of sp³-hybridized carbons (Fsp3) is 1.00. The first-order valence-electron chi connectivity index (χ1n) is 4.67. The van der Waals surface area contributed by atoms with Gasteiger partial charge in [-0.05, 0) is 12.8 Å². The van der Waals surface area contributed by atoms with E-state index in [1.165, 1.54) is 0 Å².